The fourth-order valence-corrected chi connectivity index (χ4v) is 4.20. The Balaban J connectivity index is 1.59. The molecule has 1 heterocycles. The quantitative estimate of drug-likeness (QED) is 0.317. The molecule has 1 fully saturated rings. The standard InChI is InChI=1S/C27H24ClF5N2O5/c1-38-21-7-8-23(35-24(21)14-3-5-19(30)18(28)9-14)26(37,27(31,32)33)13-34-25(36)15-4-6-20(22(10-15)39-2)40-17-11-16(29)12-17/h3-10,16-17,37H,11-13H2,1-2H3,(H,34,36). The highest BCUT2D eigenvalue weighted by Gasteiger charge is 2.56. The number of alkyl halides is 4. The second kappa shape index (κ2) is 11.5. The van der Waals surface area contributed by atoms with E-state index in [2.05, 4.69) is 10.3 Å². The van der Waals surface area contributed by atoms with Crippen molar-refractivity contribution in [3.8, 4) is 28.5 Å². The number of pyridine rings is 1. The topological polar surface area (TPSA) is 89.9 Å². The van der Waals surface area contributed by atoms with Crippen molar-refractivity contribution in [2.24, 2.45) is 0 Å². The van der Waals surface area contributed by atoms with E-state index in [9.17, 15) is 31.9 Å². The Hall–Kier alpha value is -3.64. The molecule has 1 amide bonds. The second-order valence-corrected chi connectivity index (χ2v) is 9.50. The van der Waals surface area contributed by atoms with Gasteiger partial charge in [-0.2, -0.15) is 13.2 Å². The molecule has 1 aliphatic carbocycles. The molecule has 0 saturated heterocycles. The summed E-state index contributed by atoms with van der Waals surface area (Å²) < 4.78 is 85.5. The average molecular weight is 587 g/mol. The molecule has 1 saturated carbocycles. The van der Waals surface area contributed by atoms with Crippen molar-refractivity contribution in [1.82, 2.24) is 10.3 Å². The molecule has 0 spiro atoms. The fourth-order valence-electron chi connectivity index (χ4n) is 4.02. The molecule has 0 aliphatic heterocycles. The zero-order chi connectivity index (χ0) is 29.2. The van der Waals surface area contributed by atoms with Gasteiger partial charge in [0, 0.05) is 24.0 Å². The predicted molar refractivity (Wildman–Crippen MR) is 135 cm³/mol. The maximum Gasteiger partial charge on any atom is 0.424 e. The number of ether oxygens (including phenoxy) is 3. The van der Waals surface area contributed by atoms with Gasteiger partial charge in [-0.25, -0.2) is 13.8 Å². The Labute approximate surface area is 230 Å². The number of benzene rings is 2. The summed E-state index contributed by atoms with van der Waals surface area (Å²) in [5.74, 6) is -1.28. The van der Waals surface area contributed by atoms with Crippen molar-refractivity contribution in [2.75, 3.05) is 20.8 Å². The minimum absolute atomic E-state index is 0.0401. The Bertz CT molecular complexity index is 1400. The van der Waals surface area contributed by atoms with Crippen LogP contribution in [0.25, 0.3) is 11.3 Å². The first-order chi connectivity index (χ1) is 18.9. The number of amides is 1. The van der Waals surface area contributed by atoms with Gasteiger partial charge in [0.1, 0.15) is 29.5 Å². The summed E-state index contributed by atoms with van der Waals surface area (Å²) in [5, 5.41) is 12.6. The highest BCUT2D eigenvalue weighted by atomic mass is 35.5. The molecule has 1 aliphatic rings. The monoisotopic (exact) mass is 586 g/mol. The summed E-state index contributed by atoms with van der Waals surface area (Å²) in [6.07, 6.45) is -6.13. The number of aromatic nitrogens is 1. The number of rotatable bonds is 9. The van der Waals surface area contributed by atoms with Crippen LogP contribution in [0.4, 0.5) is 22.0 Å². The van der Waals surface area contributed by atoms with Gasteiger partial charge in [0.15, 0.2) is 11.5 Å². The van der Waals surface area contributed by atoms with Gasteiger partial charge in [-0.1, -0.05) is 11.6 Å². The molecule has 2 N–H and O–H groups in total. The van der Waals surface area contributed by atoms with Crippen LogP contribution in [-0.4, -0.2) is 55.2 Å². The molecule has 2 aromatic carbocycles. The van der Waals surface area contributed by atoms with E-state index in [0.717, 1.165) is 24.3 Å². The Kier molecular flexibility index (Phi) is 8.41. The van der Waals surface area contributed by atoms with Crippen LogP contribution in [0.15, 0.2) is 48.5 Å². The van der Waals surface area contributed by atoms with Gasteiger partial charge < -0.3 is 24.6 Å². The summed E-state index contributed by atoms with van der Waals surface area (Å²) in [4.78, 5) is 16.8. The number of hydrogen-bond acceptors (Lipinski definition) is 6. The molecule has 1 aromatic heterocycles. The zero-order valence-electron chi connectivity index (χ0n) is 21.2. The molecule has 3 aromatic rings. The third-order valence-corrected chi connectivity index (χ3v) is 6.72. The van der Waals surface area contributed by atoms with E-state index >= 15 is 0 Å². The van der Waals surface area contributed by atoms with Crippen LogP contribution in [0, 0.1) is 5.82 Å². The lowest BCUT2D eigenvalue weighted by atomic mass is 9.93. The van der Waals surface area contributed by atoms with Crippen molar-refractivity contribution >= 4 is 17.5 Å². The molecule has 4 rings (SSSR count). The lowest BCUT2D eigenvalue weighted by molar-refractivity contribution is -0.265. The molecular weight excluding hydrogens is 563 g/mol. The predicted octanol–water partition coefficient (Wildman–Crippen LogP) is 5.62. The van der Waals surface area contributed by atoms with E-state index in [1.807, 2.05) is 0 Å². The maximum absolute atomic E-state index is 14.2. The fraction of sp³-hybridized carbons (Fsp3) is 0.333. The van der Waals surface area contributed by atoms with Crippen LogP contribution in [0.5, 0.6) is 17.2 Å². The smallest absolute Gasteiger partial charge is 0.424 e. The molecule has 0 bridgehead atoms. The van der Waals surface area contributed by atoms with Crippen molar-refractivity contribution in [1.29, 1.82) is 0 Å². The molecular formula is C27H24ClF5N2O5. The van der Waals surface area contributed by atoms with E-state index in [4.69, 9.17) is 25.8 Å². The first-order valence-electron chi connectivity index (χ1n) is 11.9. The number of hydrogen-bond donors (Lipinski definition) is 2. The number of nitrogens with one attached hydrogen (secondary N) is 1. The lowest BCUT2D eigenvalue weighted by Gasteiger charge is -2.31. The summed E-state index contributed by atoms with van der Waals surface area (Å²) in [7, 11) is 2.57. The molecule has 40 heavy (non-hydrogen) atoms. The minimum Gasteiger partial charge on any atom is -0.494 e. The van der Waals surface area contributed by atoms with E-state index in [1.54, 1.807) is 0 Å². The van der Waals surface area contributed by atoms with Crippen molar-refractivity contribution in [3.05, 3.63) is 70.6 Å². The van der Waals surface area contributed by atoms with Crippen LogP contribution in [-0.2, 0) is 5.60 Å². The largest absolute Gasteiger partial charge is 0.494 e. The summed E-state index contributed by atoms with van der Waals surface area (Å²) >= 11 is 5.82. The van der Waals surface area contributed by atoms with Crippen LogP contribution < -0.4 is 19.5 Å². The zero-order valence-corrected chi connectivity index (χ0v) is 21.9. The maximum atomic E-state index is 14.2. The van der Waals surface area contributed by atoms with Gasteiger partial charge in [0.05, 0.1) is 31.5 Å². The van der Waals surface area contributed by atoms with Gasteiger partial charge in [-0.3, -0.25) is 4.79 Å². The Morgan fingerprint density at radius 1 is 1.05 bits per heavy atom. The van der Waals surface area contributed by atoms with Gasteiger partial charge in [0.25, 0.3) is 5.91 Å². The van der Waals surface area contributed by atoms with Crippen molar-refractivity contribution < 1.29 is 46.1 Å². The number of aliphatic hydroxyl groups is 1. The number of carbonyl (C=O) groups is 1. The van der Waals surface area contributed by atoms with Crippen LogP contribution in [0.3, 0.4) is 0 Å². The molecule has 214 valence electrons. The van der Waals surface area contributed by atoms with E-state index in [1.165, 1.54) is 38.5 Å². The van der Waals surface area contributed by atoms with E-state index in [0.29, 0.717) is 0 Å². The van der Waals surface area contributed by atoms with Crippen LogP contribution in [0.2, 0.25) is 5.02 Å². The van der Waals surface area contributed by atoms with E-state index in [-0.39, 0.29) is 58.0 Å². The molecule has 1 unspecified atom stereocenters. The van der Waals surface area contributed by atoms with Gasteiger partial charge in [-0.05, 0) is 48.5 Å². The number of nitrogens with zero attached hydrogens (tertiary/aromatic N) is 1. The van der Waals surface area contributed by atoms with Crippen molar-refractivity contribution in [3.63, 3.8) is 0 Å². The number of halogens is 6. The number of carbonyl (C=O) groups excluding carboxylic acids is 1. The average Bonchev–Trinajstić information content (AvgIpc) is 2.91. The minimum atomic E-state index is -5.27. The SMILES string of the molecule is COc1cc(C(=O)NCC(O)(c2ccc(OC)c(-c3ccc(F)c(Cl)c3)n2)C(F)(F)F)ccc1OC1CC(F)C1. The summed E-state index contributed by atoms with van der Waals surface area (Å²) in [6, 6.07) is 9.41. The van der Waals surface area contributed by atoms with Gasteiger partial charge in [0.2, 0.25) is 5.60 Å². The van der Waals surface area contributed by atoms with Crippen molar-refractivity contribution in [2.45, 2.75) is 36.9 Å². The van der Waals surface area contributed by atoms with Gasteiger partial charge in [-0.15, -0.1) is 0 Å². The number of methoxy groups -OCH3 is 2. The molecule has 1 atom stereocenters. The Morgan fingerprint density at radius 2 is 1.73 bits per heavy atom. The third-order valence-electron chi connectivity index (χ3n) is 6.43. The Morgan fingerprint density at radius 3 is 2.33 bits per heavy atom. The highest BCUT2D eigenvalue weighted by molar-refractivity contribution is 6.31. The summed E-state index contributed by atoms with van der Waals surface area (Å²) in [5.41, 5.74) is -4.54. The van der Waals surface area contributed by atoms with Gasteiger partial charge >= 0.3 is 6.18 Å². The highest BCUT2D eigenvalue weighted by Crippen LogP contribution is 2.41. The molecule has 0 radical (unpaired) electrons. The summed E-state index contributed by atoms with van der Waals surface area (Å²) in [6.45, 7) is -1.29. The first kappa shape index (κ1) is 29.3. The normalized spacial score (nSPS) is 18.3. The lowest BCUT2D eigenvalue weighted by Crippen LogP contribution is -2.51. The van der Waals surface area contributed by atoms with Crippen LogP contribution in [0.1, 0.15) is 28.9 Å². The first-order valence-corrected chi connectivity index (χ1v) is 12.3. The van der Waals surface area contributed by atoms with Crippen LogP contribution >= 0.6 is 11.6 Å². The van der Waals surface area contributed by atoms with E-state index < -0.39 is 41.9 Å². The molecule has 7 nitrogen and oxygen atoms in total. The molecule has 13 heteroatoms. The third kappa shape index (κ3) is 5.92. The second-order valence-electron chi connectivity index (χ2n) is 9.09.